The molecule has 3 rings (SSSR count). The maximum atomic E-state index is 12.1. The Hall–Kier alpha value is -1.86. The minimum absolute atomic E-state index is 0.0838. The number of amides is 1. The van der Waals surface area contributed by atoms with Crippen molar-refractivity contribution in [3.63, 3.8) is 0 Å². The van der Waals surface area contributed by atoms with E-state index in [1.165, 1.54) is 16.7 Å². The number of carboxylic acid groups (broad SMARTS) is 1. The zero-order valence-corrected chi connectivity index (χ0v) is 13.8. The van der Waals surface area contributed by atoms with Gasteiger partial charge < -0.3 is 15.1 Å². The fourth-order valence-electron chi connectivity index (χ4n) is 3.23. The molecule has 2 N–H and O–H groups in total. The summed E-state index contributed by atoms with van der Waals surface area (Å²) in [7, 11) is 1.94. The summed E-state index contributed by atoms with van der Waals surface area (Å²) in [5.74, 6) is -1.22. The number of hydrogen-bond donors (Lipinski definition) is 2. The van der Waals surface area contributed by atoms with Crippen molar-refractivity contribution < 1.29 is 24.4 Å². The average molecular weight is 335 g/mol. The maximum absolute atomic E-state index is 12.1. The number of aliphatic hydroxyl groups excluding tert-OH is 1. The summed E-state index contributed by atoms with van der Waals surface area (Å²) in [5.41, 5.74) is 1.16. The number of β-lactam (4-membered cyclic amide) rings is 1. The Morgan fingerprint density at radius 2 is 2.26 bits per heavy atom. The zero-order valence-electron chi connectivity index (χ0n) is 13.0. The normalized spacial score (nSPS) is 24.5. The van der Waals surface area contributed by atoms with Crippen LogP contribution in [0.2, 0.25) is 0 Å². The van der Waals surface area contributed by atoms with Gasteiger partial charge in [0.15, 0.2) is 11.9 Å². The fourth-order valence-corrected chi connectivity index (χ4v) is 4.46. The average Bonchev–Trinajstić information content (AvgIpc) is 2.80. The van der Waals surface area contributed by atoms with Gasteiger partial charge in [-0.05, 0) is 6.92 Å². The molecule has 0 saturated carbocycles. The fraction of sp³-hybridized carbons (Fsp3) is 0.438. The first-order valence-electron chi connectivity index (χ1n) is 7.45. The summed E-state index contributed by atoms with van der Waals surface area (Å²) in [6, 6.07) is 5.64. The molecule has 1 saturated heterocycles. The number of thioether (sulfide) groups is 1. The molecule has 1 amide bonds. The number of aryl methyl sites for hydroxylation is 1. The van der Waals surface area contributed by atoms with Crippen LogP contribution in [0.15, 0.2) is 35.0 Å². The summed E-state index contributed by atoms with van der Waals surface area (Å²) in [4.78, 5) is 25.7. The molecule has 0 radical (unpaired) electrons. The van der Waals surface area contributed by atoms with E-state index < -0.39 is 18.0 Å². The van der Waals surface area contributed by atoms with Crippen LogP contribution in [0.3, 0.4) is 0 Å². The third-order valence-electron chi connectivity index (χ3n) is 4.45. The Kier molecular flexibility index (Phi) is 4.16. The third-order valence-corrected chi connectivity index (χ3v) is 5.60. The molecule has 122 valence electrons. The second kappa shape index (κ2) is 5.98. The summed E-state index contributed by atoms with van der Waals surface area (Å²) < 4.78 is 1.99. The standard InChI is InChI=1S/C16H18N2O4S/c1-9(19)13-11-7-12(14(16(21)22)18(11)15(13)20)23-8-10-5-3-4-6-17(10)2/h3-6,9,11,13,19H,7-8H2,1-2H3/p+1/t9-,11-,13?/m1/s1. The largest absolute Gasteiger partial charge is 0.477 e. The lowest BCUT2D eigenvalue weighted by Gasteiger charge is -2.44. The Labute approximate surface area is 138 Å². The maximum Gasteiger partial charge on any atom is 0.353 e. The van der Waals surface area contributed by atoms with Gasteiger partial charge in [-0.2, -0.15) is 0 Å². The molecule has 0 aromatic carbocycles. The summed E-state index contributed by atoms with van der Waals surface area (Å²) in [6.45, 7) is 1.58. The number of aliphatic carboxylic acids is 1. The van der Waals surface area contributed by atoms with E-state index in [2.05, 4.69) is 0 Å². The predicted octanol–water partition coefficient (Wildman–Crippen LogP) is 0.652. The molecule has 6 nitrogen and oxygen atoms in total. The summed E-state index contributed by atoms with van der Waals surface area (Å²) in [6.07, 6.45) is 1.69. The number of nitrogens with zero attached hydrogens (tertiary/aromatic N) is 2. The molecule has 3 heterocycles. The molecule has 7 heteroatoms. The van der Waals surface area contributed by atoms with E-state index in [0.29, 0.717) is 17.1 Å². The summed E-state index contributed by atoms with van der Waals surface area (Å²) in [5, 5.41) is 19.2. The van der Waals surface area contributed by atoms with Gasteiger partial charge in [-0.3, -0.25) is 4.79 Å². The molecule has 2 aliphatic rings. The highest BCUT2D eigenvalue weighted by molar-refractivity contribution is 8.02. The van der Waals surface area contributed by atoms with Gasteiger partial charge in [0.25, 0.3) is 0 Å². The number of pyridine rings is 1. The Bertz CT molecular complexity index is 701. The Balaban J connectivity index is 1.80. The van der Waals surface area contributed by atoms with Gasteiger partial charge in [0, 0.05) is 23.5 Å². The number of rotatable bonds is 5. The lowest BCUT2D eigenvalue weighted by molar-refractivity contribution is -0.678. The minimum Gasteiger partial charge on any atom is -0.477 e. The van der Waals surface area contributed by atoms with Crippen LogP contribution in [-0.4, -0.2) is 39.1 Å². The van der Waals surface area contributed by atoms with Crippen LogP contribution in [-0.2, 0) is 22.4 Å². The number of fused-ring (bicyclic) bond motifs is 1. The molecule has 0 aliphatic carbocycles. The molecule has 1 aromatic rings. The highest BCUT2D eigenvalue weighted by Gasteiger charge is 2.56. The number of aliphatic hydroxyl groups is 1. The SMILES string of the molecule is C[C@@H](O)C1C(=O)N2C(C(=O)O)=C(SCc3cccc[n+]3C)C[C@H]12. The van der Waals surface area contributed by atoms with E-state index in [-0.39, 0.29) is 17.6 Å². The molecular formula is C16H19N2O4S+. The molecule has 2 aliphatic heterocycles. The number of aromatic nitrogens is 1. The molecule has 0 bridgehead atoms. The van der Waals surface area contributed by atoms with Crippen molar-refractivity contribution in [3.8, 4) is 0 Å². The quantitative estimate of drug-likeness (QED) is 0.610. The first-order chi connectivity index (χ1) is 10.9. The number of carbonyl (C=O) groups is 2. The first-order valence-corrected chi connectivity index (χ1v) is 8.44. The number of carbonyl (C=O) groups excluding carboxylic acids is 1. The second-order valence-electron chi connectivity index (χ2n) is 5.91. The van der Waals surface area contributed by atoms with Crippen molar-refractivity contribution in [1.82, 2.24) is 4.90 Å². The zero-order chi connectivity index (χ0) is 16.7. The lowest BCUT2D eigenvalue weighted by Crippen LogP contribution is -2.61. The molecule has 1 fully saturated rings. The Morgan fingerprint density at radius 1 is 1.52 bits per heavy atom. The molecule has 1 aromatic heterocycles. The van der Waals surface area contributed by atoms with Gasteiger partial charge in [-0.1, -0.05) is 6.07 Å². The summed E-state index contributed by atoms with van der Waals surface area (Å²) >= 11 is 1.45. The van der Waals surface area contributed by atoms with Crippen molar-refractivity contribution in [1.29, 1.82) is 0 Å². The minimum atomic E-state index is -1.08. The van der Waals surface area contributed by atoms with Crippen molar-refractivity contribution in [2.24, 2.45) is 13.0 Å². The number of carboxylic acids is 1. The van der Waals surface area contributed by atoms with Crippen LogP contribution in [0.4, 0.5) is 0 Å². The smallest absolute Gasteiger partial charge is 0.353 e. The van der Waals surface area contributed by atoms with Crippen molar-refractivity contribution in [3.05, 3.63) is 40.7 Å². The van der Waals surface area contributed by atoms with Gasteiger partial charge in [-0.25, -0.2) is 9.36 Å². The molecular weight excluding hydrogens is 316 g/mol. The van der Waals surface area contributed by atoms with Crippen LogP contribution in [0, 0.1) is 5.92 Å². The molecule has 23 heavy (non-hydrogen) atoms. The van der Waals surface area contributed by atoms with E-state index in [4.69, 9.17) is 0 Å². The van der Waals surface area contributed by atoms with Crippen molar-refractivity contribution >= 4 is 23.6 Å². The van der Waals surface area contributed by atoms with Gasteiger partial charge in [0.1, 0.15) is 12.7 Å². The van der Waals surface area contributed by atoms with Gasteiger partial charge in [0.05, 0.1) is 23.8 Å². The van der Waals surface area contributed by atoms with Crippen LogP contribution >= 0.6 is 11.8 Å². The highest BCUT2D eigenvalue weighted by Crippen LogP contribution is 2.47. The van der Waals surface area contributed by atoms with Crippen molar-refractivity contribution in [2.75, 3.05) is 0 Å². The van der Waals surface area contributed by atoms with Crippen LogP contribution in [0.1, 0.15) is 19.0 Å². The molecule has 0 spiro atoms. The first kappa shape index (κ1) is 16.0. The van der Waals surface area contributed by atoms with Crippen LogP contribution in [0.5, 0.6) is 0 Å². The highest BCUT2D eigenvalue weighted by atomic mass is 32.2. The van der Waals surface area contributed by atoms with Crippen LogP contribution in [0.25, 0.3) is 0 Å². The van der Waals surface area contributed by atoms with E-state index in [0.717, 1.165) is 5.69 Å². The molecule has 3 atom stereocenters. The van der Waals surface area contributed by atoms with Crippen LogP contribution < -0.4 is 4.57 Å². The monoisotopic (exact) mass is 335 g/mol. The third kappa shape index (κ3) is 2.64. The predicted molar refractivity (Wildman–Crippen MR) is 84.0 cm³/mol. The van der Waals surface area contributed by atoms with Gasteiger partial charge in [0.2, 0.25) is 5.91 Å². The Morgan fingerprint density at radius 3 is 2.87 bits per heavy atom. The second-order valence-corrected chi connectivity index (χ2v) is 6.98. The molecule has 1 unspecified atom stereocenters. The van der Waals surface area contributed by atoms with Gasteiger partial charge in [-0.15, -0.1) is 11.8 Å². The van der Waals surface area contributed by atoms with Crippen molar-refractivity contribution in [2.45, 2.75) is 31.2 Å². The lowest BCUT2D eigenvalue weighted by atomic mass is 9.83. The van der Waals surface area contributed by atoms with E-state index in [1.54, 1.807) is 6.92 Å². The van der Waals surface area contributed by atoms with Gasteiger partial charge >= 0.3 is 5.97 Å². The number of hydrogen-bond acceptors (Lipinski definition) is 4. The topological polar surface area (TPSA) is 81.7 Å². The van der Waals surface area contributed by atoms with E-state index in [9.17, 15) is 19.8 Å². The van der Waals surface area contributed by atoms with E-state index >= 15 is 0 Å². The van der Waals surface area contributed by atoms with E-state index in [1.807, 2.05) is 36.0 Å².